The lowest BCUT2D eigenvalue weighted by atomic mass is 9.99. The minimum Gasteiger partial charge on any atom is -0.334 e. The van der Waals surface area contributed by atoms with Gasteiger partial charge in [0.05, 0.1) is 17.2 Å². The molecule has 6 heteroatoms. The second-order valence-electron chi connectivity index (χ2n) is 4.98. The van der Waals surface area contributed by atoms with E-state index in [4.69, 9.17) is 15.5 Å². The highest BCUT2D eigenvalue weighted by atomic mass is 35.5. The van der Waals surface area contributed by atoms with Gasteiger partial charge in [-0.3, -0.25) is 0 Å². The Morgan fingerprint density at radius 3 is 2.45 bits per heavy atom. The van der Waals surface area contributed by atoms with Crippen LogP contribution in [-0.4, -0.2) is 10.1 Å². The molecule has 1 aromatic carbocycles. The number of hydrogen-bond donors (Lipinski definition) is 1. The third kappa shape index (κ3) is 2.53. The van der Waals surface area contributed by atoms with E-state index in [9.17, 15) is 0 Å². The van der Waals surface area contributed by atoms with Gasteiger partial charge in [0.25, 0.3) is 5.89 Å². The molecule has 1 aromatic heterocycles. The lowest BCUT2D eigenvalue weighted by molar-refractivity contribution is 0.372. The molecule has 2 aromatic rings. The van der Waals surface area contributed by atoms with Gasteiger partial charge in [-0.25, -0.2) is 0 Å². The predicted molar refractivity (Wildman–Crippen MR) is 76.0 cm³/mol. The second kappa shape index (κ2) is 5.61. The van der Waals surface area contributed by atoms with Crippen LogP contribution in [-0.2, 0) is 5.54 Å². The van der Waals surface area contributed by atoms with Crippen LogP contribution < -0.4 is 5.73 Å². The van der Waals surface area contributed by atoms with E-state index in [1.165, 1.54) is 0 Å². The van der Waals surface area contributed by atoms with E-state index >= 15 is 0 Å². The van der Waals surface area contributed by atoms with Crippen molar-refractivity contribution >= 4 is 12.4 Å². The standard InChI is InChI=1S/C14H14N4O.ClH/c15-9-10-3-5-11(6-4-10)12-17-13(18-19-12)14(16)7-1-2-8-14;/h3-6H,1-2,7-8,16H2;1H. The molecule has 0 unspecified atom stereocenters. The van der Waals surface area contributed by atoms with Gasteiger partial charge in [0.15, 0.2) is 5.82 Å². The maximum absolute atomic E-state index is 8.76. The quantitative estimate of drug-likeness (QED) is 0.918. The topological polar surface area (TPSA) is 88.7 Å². The molecule has 1 saturated carbocycles. The third-order valence-electron chi connectivity index (χ3n) is 3.63. The molecule has 2 N–H and O–H groups in total. The molecule has 0 saturated heterocycles. The first kappa shape index (κ1) is 14.5. The highest BCUT2D eigenvalue weighted by Gasteiger charge is 2.36. The summed E-state index contributed by atoms with van der Waals surface area (Å²) < 4.78 is 5.28. The van der Waals surface area contributed by atoms with E-state index in [0.717, 1.165) is 31.2 Å². The number of hydrogen-bond acceptors (Lipinski definition) is 5. The van der Waals surface area contributed by atoms with Crippen LogP contribution in [0.1, 0.15) is 37.1 Å². The molecule has 0 aliphatic heterocycles. The molecule has 0 atom stereocenters. The summed E-state index contributed by atoms with van der Waals surface area (Å²) >= 11 is 0. The number of benzene rings is 1. The first-order valence-electron chi connectivity index (χ1n) is 6.35. The Morgan fingerprint density at radius 1 is 1.20 bits per heavy atom. The van der Waals surface area contributed by atoms with Gasteiger partial charge in [-0.15, -0.1) is 12.4 Å². The highest BCUT2D eigenvalue weighted by molar-refractivity contribution is 5.85. The van der Waals surface area contributed by atoms with E-state index in [1.54, 1.807) is 24.3 Å². The predicted octanol–water partition coefficient (Wildman–Crippen LogP) is 2.76. The molecule has 0 amide bonds. The van der Waals surface area contributed by atoms with E-state index in [-0.39, 0.29) is 12.4 Å². The smallest absolute Gasteiger partial charge is 0.257 e. The Bertz CT molecular complexity index is 623. The van der Waals surface area contributed by atoms with Crippen molar-refractivity contribution in [1.82, 2.24) is 10.1 Å². The summed E-state index contributed by atoms with van der Waals surface area (Å²) in [5.41, 5.74) is 7.26. The lowest BCUT2D eigenvalue weighted by Crippen LogP contribution is -2.34. The van der Waals surface area contributed by atoms with Gasteiger partial charge < -0.3 is 10.3 Å². The Morgan fingerprint density at radius 2 is 1.85 bits per heavy atom. The molecule has 1 aliphatic rings. The molecule has 5 nitrogen and oxygen atoms in total. The van der Waals surface area contributed by atoms with Crippen molar-refractivity contribution in [2.24, 2.45) is 5.73 Å². The van der Waals surface area contributed by atoms with Crippen molar-refractivity contribution < 1.29 is 4.52 Å². The average molecular weight is 291 g/mol. The molecular formula is C14H15ClN4O. The van der Waals surface area contributed by atoms with Crippen LogP contribution in [0.25, 0.3) is 11.5 Å². The van der Waals surface area contributed by atoms with Crippen LogP contribution in [0.2, 0.25) is 0 Å². The molecule has 104 valence electrons. The molecule has 0 bridgehead atoms. The Balaban J connectivity index is 0.00000147. The fourth-order valence-corrected chi connectivity index (χ4v) is 2.46. The lowest BCUT2D eigenvalue weighted by Gasteiger charge is -2.17. The summed E-state index contributed by atoms with van der Waals surface area (Å²) in [6.45, 7) is 0. The zero-order chi connectivity index (χ0) is 13.3. The Hall–Kier alpha value is -1.90. The summed E-state index contributed by atoms with van der Waals surface area (Å²) in [4.78, 5) is 4.40. The van der Waals surface area contributed by atoms with Gasteiger partial charge >= 0.3 is 0 Å². The minimum absolute atomic E-state index is 0. The number of rotatable bonds is 2. The summed E-state index contributed by atoms with van der Waals surface area (Å²) in [7, 11) is 0. The minimum atomic E-state index is -0.436. The zero-order valence-electron chi connectivity index (χ0n) is 10.9. The number of nitriles is 1. The van der Waals surface area contributed by atoms with Gasteiger partial charge in [0.2, 0.25) is 0 Å². The summed E-state index contributed by atoms with van der Waals surface area (Å²) in [6.07, 6.45) is 4.02. The molecule has 1 heterocycles. The third-order valence-corrected chi connectivity index (χ3v) is 3.63. The van der Waals surface area contributed by atoms with Crippen molar-refractivity contribution in [3.63, 3.8) is 0 Å². The van der Waals surface area contributed by atoms with Crippen molar-refractivity contribution in [2.75, 3.05) is 0 Å². The number of aromatic nitrogens is 2. The van der Waals surface area contributed by atoms with Crippen molar-refractivity contribution in [3.8, 4) is 17.5 Å². The van der Waals surface area contributed by atoms with E-state index in [2.05, 4.69) is 16.2 Å². The Labute approximate surface area is 123 Å². The first-order chi connectivity index (χ1) is 9.21. The largest absolute Gasteiger partial charge is 0.334 e. The van der Waals surface area contributed by atoms with Crippen molar-refractivity contribution in [1.29, 1.82) is 5.26 Å². The SMILES string of the molecule is Cl.N#Cc1ccc(-c2nc(C3(N)CCCC3)no2)cc1. The average Bonchev–Trinajstić information content (AvgIpc) is 3.08. The molecule has 1 fully saturated rings. The van der Waals surface area contributed by atoms with E-state index in [0.29, 0.717) is 17.3 Å². The summed E-state index contributed by atoms with van der Waals surface area (Å²) in [5.74, 6) is 1.04. The molecule has 1 aliphatic carbocycles. The maximum atomic E-state index is 8.76. The normalized spacial score (nSPS) is 16.4. The van der Waals surface area contributed by atoms with Crippen molar-refractivity contribution in [3.05, 3.63) is 35.7 Å². The molecule has 20 heavy (non-hydrogen) atoms. The highest BCUT2D eigenvalue weighted by Crippen LogP contribution is 2.35. The van der Waals surface area contributed by atoms with Crippen LogP contribution in [0.4, 0.5) is 0 Å². The molecule has 0 radical (unpaired) electrons. The number of halogens is 1. The summed E-state index contributed by atoms with van der Waals surface area (Å²) in [6, 6.07) is 9.13. The first-order valence-corrected chi connectivity index (χ1v) is 6.35. The van der Waals surface area contributed by atoms with Gasteiger partial charge in [-0.1, -0.05) is 18.0 Å². The number of nitrogens with two attached hydrogens (primary N) is 1. The molecule has 3 rings (SSSR count). The van der Waals surface area contributed by atoms with Crippen LogP contribution in [0.5, 0.6) is 0 Å². The number of nitrogens with zero attached hydrogens (tertiary/aromatic N) is 3. The van der Waals surface area contributed by atoms with E-state index in [1.807, 2.05) is 0 Å². The van der Waals surface area contributed by atoms with Gasteiger partial charge in [0.1, 0.15) is 0 Å². The van der Waals surface area contributed by atoms with Gasteiger partial charge in [-0.05, 0) is 37.1 Å². The molecular weight excluding hydrogens is 276 g/mol. The van der Waals surface area contributed by atoms with Crippen LogP contribution in [0.15, 0.2) is 28.8 Å². The van der Waals surface area contributed by atoms with Gasteiger partial charge in [0, 0.05) is 5.56 Å². The fraction of sp³-hybridized carbons (Fsp3) is 0.357. The summed E-state index contributed by atoms with van der Waals surface area (Å²) in [5, 5.41) is 12.8. The fourth-order valence-electron chi connectivity index (χ4n) is 2.46. The van der Waals surface area contributed by atoms with Gasteiger partial charge in [-0.2, -0.15) is 10.2 Å². The zero-order valence-corrected chi connectivity index (χ0v) is 11.7. The molecule has 0 spiro atoms. The van der Waals surface area contributed by atoms with E-state index < -0.39 is 5.54 Å². The second-order valence-corrected chi connectivity index (χ2v) is 4.98. The van der Waals surface area contributed by atoms with Crippen LogP contribution >= 0.6 is 12.4 Å². The monoisotopic (exact) mass is 290 g/mol. The van der Waals surface area contributed by atoms with Crippen LogP contribution in [0, 0.1) is 11.3 Å². The maximum Gasteiger partial charge on any atom is 0.257 e. The van der Waals surface area contributed by atoms with Crippen molar-refractivity contribution in [2.45, 2.75) is 31.2 Å². The Kier molecular flexibility index (Phi) is 4.07. The van der Waals surface area contributed by atoms with Crippen LogP contribution in [0.3, 0.4) is 0 Å².